The molecule has 0 bridgehead atoms. The minimum absolute atomic E-state index is 0.371. The second-order valence-corrected chi connectivity index (χ2v) is 3.67. The van der Waals surface area contributed by atoms with Crippen LogP contribution in [0.4, 0.5) is 5.00 Å². The second-order valence-electron chi connectivity index (χ2n) is 2.78. The zero-order valence-corrected chi connectivity index (χ0v) is 7.73. The number of ether oxygens (including phenoxy) is 1. The number of nitrogens with two attached hydrogens (primary N) is 1. The fourth-order valence-corrected chi connectivity index (χ4v) is 1.49. The van der Waals surface area contributed by atoms with Crippen LogP contribution in [0.5, 0.6) is 0 Å². The summed E-state index contributed by atoms with van der Waals surface area (Å²) in [6, 6.07) is 0. The Morgan fingerprint density at radius 2 is 2.27 bits per heavy atom. The first kappa shape index (κ1) is 8.49. The predicted molar refractivity (Wildman–Crippen MR) is 46.6 cm³/mol. The molecule has 0 aliphatic rings. The molecule has 0 fully saturated rings. The molecule has 3 nitrogen and oxygen atoms in total. The Morgan fingerprint density at radius 1 is 1.64 bits per heavy atom. The number of nitrogens with zero attached hydrogens (tertiary/aromatic N) is 1. The van der Waals surface area contributed by atoms with E-state index >= 15 is 0 Å². The quantitative estimate of drug-likeness (QED) is 0.737. The van der Waals surface area contributed by atoms with Crippen LogP contribution in [0.25, 0.3) is 0 Å². The van der Waals surface area contributed by atoms with Crippen molar-refractivity contribution in [3.05, 3.63) is 11.2 Å². The molecular weight excluding hydrogens is 160 g/mol. The minimum atomic E-state index is -0.371. The van der Waals surface area contributed by atoms with Gasteiger partial charge in [0.2, 0.25) is 0 Å². The fourth-order valence-electron chi connectivity index (χ4n) is 0.804. The lowest BCUT2D eigenvalue weighted by Crippen LogP contribution is -2.21. The molecule has 1 rings (SSSR count). The zero-order valence-electron chi connectivity index (χ0n) is 6.92. The van der Waals surface area contributed by atoms with Gasteiger partial charge in [0, 0.05) is 7.11 Å². The highest BCUT2D eigenvalue weighted by Crippen LogP contribution is 2.29. The summed E-state index contributed by atoms with van der Waals surface area (Å²) in [4.78, 5) is 4.13. The largest absolute Gasteiger partial charge is 0.389 e. The molecule has 1 aromatic heterocycles. The van der Waals surface area contributed by atoms with Crippen LogP contribution < -0.4 is 5.73 Å². The first-order valence-electron chi connectivity index (χ1n) is 3.32. The molecule has 1 heterocycles. The lowest BCUT2D eigenvalue weighted by molar-refractivity contribution is 0.0166. The van der Waals surface area contributed by atoms with Crippen molar-refractivity contribution in [2.24, 2.45) is 0 Å². The van der Waals surface area contributed by atoms with Crippen LogP contribution in [-0.4, -0.2) is 12.1 Å². The molecule has 0 atom stereocenters. The number of anilines is 1. The molecule has 1 aromatic rings. The summed E-state index contributed by atoms with van der Waals surface area (Å²) in [5.41, 5.74) is 7.86. The predicted octanol–water partition coefficient (Wildman–Crippen LogP) is 1.61. The SMILES string of the molecule is COC(C)(C)c1ncsc1N. The van der Waals surface area contributed by atoms with Crippen molar-refractivity contribution in [3.8, 4) is 0 Å². The second kappa shape index (κ2) is 2.79. The van der Waals surface area contributed by atoms with E-state index in [0.29, 0.717) is 0 Å². The van der Waals surface area contributed by atoms with Gasteiger partial charge < -0.3 is 10.5 Å². The maximum atomic E-state index is 5.68. The van der Waals surface area contributed by atoms with E-state index in [2.05, 4.69) is 4.98 Å². The summed E-state index contributed by atoms with van der Waals surface area (Å²) in [6.45, 7) is 3.89. The Morgan fingerprint density at radius 3 is 2.64 bits per heavy atom. The molecule has 11 heavy (non-hydrogen) atoms. The van der Waals surface area contributed by atoms with E-state index in [4.69, 9.17) is 10.5 Å². The van der Waals surface area contributed by atoms with Crippen LogP contribution in [-0.2, 0) is 10.3 Å². The summed E-state index contributed by atoms with van der Waals surface area (Å²) < 4.78 is 5.23. The van der Waals surface area contributed by atoms with Crippen molar-refractivity contribution in [1.82, 2.24) is 4.98 Å². The van der Waals surface area contributed by atoms with Gasteiger partial charge in [-0.2, -0.15) is 0 Å². The molecule has 0 spiro atoms. The molecule has 0 radical (unpaired) electrons. The van der Waals surface area contributed by atoms with E-state index in [-0.39, 0.29) is 5.60 Å². The van der Waals surface area contributed by atoms with Crippen molar-refractivity contribution >= 4 is 16.3 Å². The van der Waals surface area contributed by atoms with Crippen LogP contribution in [0.1, 0.15) is 19.5 Å². The summed E-state index contributed by atoms with van der Waals surface area (Å²) >= 11 is 1.43. The van der Waals surface area contributed by atoms with Crippen molar-refractivity contribution in [2.45, 2.75) is 19.4 Å². The van der Waals surface area contributed by atoms with Crippen molar-refractivity contribution < 1.29 is 4.74 Å². The number of thiazole rings is 1. The molecule has 0 saturated carbocycles. The summed E-state index contributed by atoms with van der Waals surface area (Å²) in [6.07, 6.45) is 0. The number of hydrogen-bond acceptors (Lipinski definition) is 4. The van der Waals surface area contributed by atoms with Gasteiger partial charge >= 0.3 is 0 Å². The number of nitrogen functional groups attached to an aromatic ring is 1. The summed E-state index contributed by atoms with van der Waals surface area (Å²) in [7, 11) is 1.65. The van der Waals surface area contributed by atoms with Gasteiger partial charge in [-0.3, -0.25) is 0 Å². The first-order valence-corrected chi connectivity index (χ1v) is 4.20. The highest BCUT2D eigenvalue weighted by molar-refractivity contribution is 7.13. The highest BCUT2D eigenvalue weighted by Gasteiger charge is 2.24. The van der Waals surface area contributed by atoms with E-state index in [0.717, 1.165) is 10.7 Å². The van der Waals surface area contributed by atoms with Crippen LogP contribution in [0.15, 0.2) is 5.51 Å². The molecule has 4 heteroatoms. The molecule has 0 unspecified atom stereocenters. The monoisotopic (exact) mass is 172 g/mol. The van der Waals surface area contributed by atoms with E-state index in [9.17, 15) is 0 Å². The Balaban J connectivity index is 3.00. The molecule has 0 aliphatic carbocycles. The van der Waals surface area contributed by atoms with Gasteiger partial charge in [-0.1, -0.05) is 0 Å². The highest BCUT2D eigenvalue weighted by atomic mass is 32.1. The maximum absolute atomic E-state index is 5.68. The third-order valence-electron chi connectivity index (χ3n) is 1.68. The average molecular weight is 172 g/mol. The minimum Gasteiger partial charge on any atom is -0.389 e. The van der Waals surface area contributed by atoms with E-state index in [1.807, 2.05) is 13.8 Å². The van der Waals surface area contributed by atoms with Crippen LogP contribution in [0, 0.1) is 0 Å². The molecule has 0 aliphatic heterocycles. The van der Waals surface area contributed by atoms with E-state index in [1.54, 1.807) is 12.6 Å². The first-order chi connectivity index (χ1) is 5.08. The summed E-state index contributed by atoms with van der Waals surface area (Å²) in [5.74, 6) is 0. The molecular formula is C7H12N2OS. The van der Waals surface area contributed by atoms with Gasteiger partial charge in [0.25, 0.3) is 0 Å². The average Bonchev–Trinajstić information content (AvgIpc) is 2.36. The normalized spacial score (nSPS) is 11.9. The van der Waals surface area contributed by atoms with Crippen LogP contribution >= 0.6 is 11.3 Å². The van der Waals surface area contributed by atoms with Gasteiger partial charge in [-0.05, 0) is 13.8 Å². The maximum Gasteiger partial charge on any atom is 0.112 e. The third kappa shape index (κ3) is 1.52. The number of rotatable bonds is 2. The van der Waals surface area contributed by atoms with Crippen molar-refractivity contribution in [2.75, 3.05) is 12.8 Å². The van der Waals surface area contributed by atoms with Gasteiger partial charge in [-0.15, -0.1) is 11.3 Å². The number of methoxy groups -OCH3 is 1. The zero-order chi connectivity index (χ0) is 8.48. The molecule has 2 N–H and O–H groups in total. The summed E-state index contributed by atoms with van der Waals surface area (Å²) in [5, 5.41) is 0.733. The Hall–Kier alpha value is -0.610. The standard InChI is InChI=1S/C7H12N2OS/c1-7(2,10-3)5-6(8)11-4-9-5/h4H,8H2,1-3H3. The van der Waals surface area contributed by atoms with Gasteiger partial charge in [0.05, 0.1) is 5.51 Å². The Labute approximate surface area is 70.2 Å². The molecule has 0 saturated heterocycles. The van der Waals surface area contributed by atoms with Crippen molar-refractivity contribution in [3.63, 3.8) is 0 Å². The van der Waals surface area contributed by atoms with Crippen LogP contribution in [0.2, 0.25) is 0 Å². The Bertz CT molecular complexity index is 244. The lowest BCUT2D eigenvalue weighted by atomic mass is 10.1. The van der Waals surface area contributed by atoms with Gasteiger partial charge in [-0.25, -0.2) is 4.98 Å². The third-order valence-corrected chi connectivity index (χ3v) is 2.33. The van der Waals surface area contributed by atoms with E-state index in [1.165, 1.54) is 11.3 Å². The molecule has 0 amide bonds. The van der Waals surface area contributed by atoms with Gasteiger partial charge in [0.15, 0.2) is 0 Å². The fraction of sp³-hybridized carbons (Fsp3) is 0.571. The van der Waals surface area contributed by atoms with Gasteiger partial charge in [0.1, 0.15) is 16.3 Å². The number of hydrogen-bond donors (Lipinski definition) is 1. The topological polar surface area (TPSA) is 48.1 Å². The van der Waals surface area contributed by atoms with Crippen LogP contribution in [0.3, 0.4) is 0 Å². The Kier molecular flexibility index (Phi) is 2.15. The molecule has 0 aromatic carbocycles. The van der Waals surface area contributed by atoms with Crippen molar-refractivity contribution in [1.29, 1.82) is 0 Å². The molecule has 62 valence electrons. The smallest absolute Gasteiger partial charge is 0.112 e. The number of aromatic nitrogens is 1. The van der Waals surface area contributed by atoms with E-state index < -0.39 is 0 Å². The lowest BCUT2D eigenvalue weighted by Gasteiger charge is -2.20.